The highest BCUT2D eigenvalue weighted by Gasteiger charge is 2.04. The van der Waals surface area contributed by atoms with Crippen molar-refractivity contribution in [2.75, 3.05) is 0 Å². The molecule has 5 heteroatoms. The summed E-state index contributed by atoms with van der Waals surface area (Å²) >= 11 is 1.77. The lowest BCUT2D eigenvalue weighted by atomic mass is 10.1. The van der Waals surface area contributed by atoms with E-state index in [0.717, 1.165) is 22.6 Å². The third-order valence-corrected chi connectivity index (χ3v) is 6.23. The van der Waals surface area contributed by atoms with Crippen molar-refractivity contribution >= 4 is 23.9 Å². The molecular formula is C29H26N2O2S. The van der Waals surface area contributed by atoms with Gasteiger partial charge in [-0.3, -0.25) is 4.79 Å². The number of amides is 1. The predicted octanol–water partition coefficient (Wildman–Crippen LogP) is 6.63. The van der Waals surface area contributed by atoms with Crippen LogP contribution in [-0.2, 0) is 12.4 Å². The Morgan fingerprint density at radius 1 is 0.853 bits per heavy atom. The summed E-state index contributed by atoms with van der Waals surface area (Å²) in [5.74, 6) is 1.40. The van der Waals surface area contributed by atoms with Crippen molar-refractivity contribution in [2.24, 2.45) is 5.10 Å². The number of carbonyl (C=O) groups excluding carboxylic acids is 1. The summed E-state index contributed by atoms with van der Waals surface area (Å²) in [7, 11) is 0. The van der Waals surface area contributed by atoms with E-state index in [0.29, 0.717) is 12.2 Å². The quantitative estimate of drug-likeness (QED) is 0.171. The van der Waals surface area contributed by atoms with Crippen LogP contribution in [0.15, 0.2) is 113 Å². The van der Waals surface area contributed by atoms with E-state index < -0.39 is 0 Å². The van der Waals surface area contributed by atoms with Gasteiger partial charge in [-0.2, -0.15) is 5.10 Å². The lowest BCUT2D eigenvalue weighted by molar-refractivity contribution is 0.0955. The van der Waals surface area contributed by atoms with Gasteiger partial charge in [0.05, 0.1) is 6.21 Å². The van der Waals surface area contributed by atoms with Crippen LogP contribution in [0.5, 0.6) is 5.75 Å². The molecule has 34 heavy (non-hydrogen) atoms. The maximum atomic E-state index is 12.4. The zero-order valence-electron chi connectivity index (χ0n) is 19.0. The van der Waals surface area contributed by atoms with Crippen LogP contribution in [0.25, 0.3) is 0 Å². The molecule has 0 aliphatic carbocycles. The Balaban J connectivity index is 1.23. The van der Waals surface area contributed by atoms with E-state index >= 15 is 0 Å². The van der Waals surface area contributed by atoms with Gasteiger partial charge in [0.1, 0.15) is 12.4 Å². The second kappa shape index (κ2) is 11.9. The minimum atomic E-state index is -0.239. The molecule has 1 amide bonds. The Bertz CT molecular complexity index is 1220. The fourth-order valence-corrected chi connectivity index (χ4v) is 4.04. The third-order valence-electron chi connectivity index (χ3n) is 5.15. The number of hydrazone groups is 1. The first kappa shape index (κ1) is 23.3. The number of nitrogens with zero attached hydrogens (tertiary/aromatic N) is 1. The highest BCUT2D eigenvalue weighted by molar-refractivity contribution is 7.98. The summed E-state index contributed by atoms with van der Waals surface area (Å²) in [4.78, 5) is 13.6. The third kappa shape index (κ3) is 7.09. The number of ether oxygens (including phenoxy) is 1. The number of carbonyl (C=O) groups is 1. The maximum absolute atomic E-state index is 12.4. The normalized spacial score (nSPS) is 10.9. The highest BCUT2D eigenvalue weighted by Crippen LogP contribution is 2.22. The molecule has 0 unspecified atom stereocenters. The van der Waals surface area contributed by atoms with Gasteiger partial charge in [-0.15, -0.1) is 11.8 Å². The van der Waals surface area contributed by atoms with Gasteiger partial charge in [0.2, 0.25) is 0 Å². The van der Waals surface area contributed by atoms with E-state index in [1.165, 1.54) is 16.0 Å². The monoisotopic (exact) mass is 466 g/mol. The van der Waals surface area contributed by atoms with Crippen molar-refractivity contribution in [3.05, 3.63) is 131 Å². The van der Waals surface area contributed by atoms with Crippen LogP contribution in [0.3, 0.4) is 0 Å². The Kier molecular flexibility index (Phi) is 8.14. The van der Waals surface area contributed by atoms with Crippen molar-refractivity contribution in [3.8, 4) is 5.75 Å². The molecule has 0 aliphatic rings. The number of aryl methyl sites for hydroxylation is 1. The van der Waals surface area contributed by atoms with Crippen LogP contribution in [-0.4, -0.2) is 12.1 Å². The summed E-state index contributed by atoms with van der Waals surface area (Å²) in [6, 6.07) is 33.7. The first-order valence-corrected chi connectivity index (χ1v) is 12.0. The average molecular weight is 467 g/mol. The molecule has 0 fully saturated rings. The first-order chi connectivity index (χ1) is 16.7. The standard InChI is InChI=1S/C29H26N2O2S/c1-22-7-9-24(10-8-22)20-33-27-17-13-23(14-18-27)19-30-31-29(32)26-15-11-25(12-16-26)21-34-28-5-3-2-4-6-28/h2-19H,20-21H2,1H3,(H,31,32)/b30-19-. The predicted molar refractivity (Wildman–Crippen MR) is 139 cm³/mol. The largest absolute Gasteiger partial charge is 0.489 e. The zero-order chi connectivity index (χ0) is 23.6. The van der Waals surface area contributed by atoms with Crippen molar-refractivity contribution in [1.82, 2.24) is 5.43 Å². The van der Waals surface area contributed by atoms with E-state index in [4.69, 9.17) is 4.74 Å². The Hall–Kier alpha value is -3.83. The summed E-state index contributed by atoms with van der Waals surface area (Å²) < 4.78 is 5.82. The molecule has 0 heterocycles. The molecule has 0 bridgehead atoms. The molecule has 170 valence electrons. The molecule has 4 nitrogen and oxygen atoms in total. The van der Waals surface area contributed by atoms with Crippen LogP contribution in [0.4, 0.5) is 0 Å². The number of rotatable bonds is 9. The van der Waals surface area contributed by atoms with Gasteiger partial charge < -0.3 is 4.74 Å². The molecule has 0 aliphatic heterocycles. The lowest BCUT2D eigenvalue weighted by Crippen LogP contribution is -2.17. The number of hydrogen-bond acceptors (Lipinski definition) is 4. The Labute approximate surface area is 204 Å². The minimum absolute atomic E-state index is 0.239. The molecule has 0 saturated carbocycles. The lowest BCUT2D eigenvalue weighted by Gasteiger charge is -2.07. The van der Waals surface area contributed by atoms with Gasteiger partial charge in [0, 0.05) is 16.2 Å². The van der Waals surface area contributed by atoms with Crippen LogP contribution in [0.1, 0.15) is 32.6 Å². The molecular weight excluding hydrogens is 440 g/mol. The number of nitrogens with one attached hydrogen (secondary N) is 1. The topological polar surface area (TPSA) is 50.7 Å². The van der Waals surface area contributed by atoms with Crippen molar-refractivity contribution in [3.63, 3.8) is 0 Å². The van der Waals surface area contributed by atoms with Gasteiger partial charge in [0.15, 0.2) is 0 Å². The fourth-order valence-electron chi connectivity index (χ4n) is 3.17. The molecule has 4 aromatic carbocycles. The maximum Gasteiger partial charge on any atom is 0.271 e. The Morgan fingerprint density at radius 2 is 1.53 bits per heavy atom. The zero-order valence-corrected chi connectivity index (χ0v) is 19.8. The second-order valence-electron chi connectivity index (χ2n) is 7.84. The number of hydrogen-bond donors (Lipinski definition) is 1. The van der Waals surface area contributed by atoms with Crippen molar-refractivity contribution in [2.45, 2.75) is 24.2 Å². The van der Waals surface area contributed by atoms with Crippen molar-refractivity contribution in [1.29, 1.82) is 0 Å². The molecule has 0 atom stereocenters. The SMILES string of the molecule is Cc1ccc(COc2ccc(/C=N\NC(=O)c3ccc(CSc4ccccc4)cc3)cc2)cc1. The van der Waals surface area contributed by atoms with Crippen LogP contribution in [0, 0.1) is 6.92 Å². The van der Waals surface area contributed by atoms with E-state index in [9.17, 15) is 4.79 Å². The molecule has 4 rings (SSSR count). The second-order valence-corrected chi connectivity index (χ2v) is 8.89. The summed E-state index contributed by atoms with van der Waals surface area (Å²) in [6.45, 7) is 2.59. The van der Waals surface area contributed by atoms with Crippen molar-refractivity contribution < 1.29 is 9.53 Å². The van der Waals surface area contributed by atoms with Gasteiger partial charge in [-0.05, 0) is 72.1 Å². The molecule has 4 aromatic rings. The van der Waals surface area contributed by atoms with Gasteiger partial charge in [0.25, 0.3) is 5.91 Å². The number of thioether (sulfide) groups is 1. The first-order valence-electron chi connectivity index (χ1n) is 11.0. The summed E-state index contributed by atoms with van der Waals surface area (Å²) in [5, 5.41) is 4.08. The number of benzene rings is 4. The van der Waals surface area contributed by atoms with E-state index in [-0.39, 0.29) is 5.91 Å². The van der Waals surface area contributed by atoms with E-state index in [2.05, 4.69) is 53.8 Å². The van der Waals surface area contributed by atoms with Crippen LogP contribution >= 0.6 is 11.8 Å². The Morgan fingerprint density at radius 3 is 2.24 bits per heavy atom. The molecule has 0 spiro atoms. The molecule has 0 aromatic heterocycles. The van der Waals surface area contributed by atoms with E-state index in [1.54, 1.807) is 18.0 Å². The smallest absolute Gasteiger partial charge is 0.271 e. The van der Waals surface area contributed by atoms with E-state index in [1.807, 2.05) is 66.7 Å². The van der Waals surface area contributed by atoms with Gasteiger partial charge in [-0.1, -0.05) is 60.2 Å². The molecule has 0 saturated heterocycles. The minimum Gasteiger partial charge on any atom is -0.489 e. The van der Waals surface area contributed by atoms with Gasteiger partial charge in [-0.25, -0.2) is 5.43 Å². The van der Waals surface area contributed by atoms with Gasteiger partial charge >= 0.3 is 0 Å². The van der Waals surface area contributed by atoms with Crippen LogP contribution < -0.4 is 10.2 Å². The summed E-state index contributed by atoms with van der Waals surface area (Å²) in [5.41, 5.74) is 7.55. The molecule has 1 N–H and O–H groups in total. The van der Waals surface area contributed by atoms with Crippen LogP contribution in [0.2, 0.25) is 0 Å². The fraction of sp³-hybridized carbons (Fsp3) is 0.103. The average Bonchev–Trinajstić information content (AvgIpc) is 2.89. The highest BCUT2D eigenvalue weighted by atomic mass is 32.2. The molecule has 0 radical (unpaired) electrons. The summed E-state index contributed by atoms with van der Waals surface area (Å²) in [6.07, 6.45) is 1.62.